The molecule has 0 unspecified atom stereocenters. The standard InChI is InChI=1S/C24H23F3N6O4/c1-3-36-23(35)21-14-10-17(18(11-14)37-19-7-5-15(12-28-19)24(25,26)27)32(21)22(34)20-16(6-4-13(2)31-20)33-29-8-9-30-33/h4-9,12,14,17-18,21H,3,10-11H2,1-2H3/t14-,17+,18-,21+/m1/s1. The first-order chi connectivity index (χ1) is 17.7. The van der Waals surface area contributed by atoms with Gasteiger partial charge in [-0.25, -0.2) is 14.8 Å². The smallest absolute Gasteiger partial charge is 0.417 e. The van der Waals surface area contributed by atoms with E-state index in [1.54, 1.807) is 26.0 Å². The predicted octanol–water partition coefficient (Wildman–Crippen LogP) is 3.00. The van der Waals surface area contributed by atoms with Gasteiger partial charge in [0.1, 0.15) is 17.8 Å². The number of esters is 1. The monoisotopic (exact) mass is 516 g/mol. The second kappa shape index (κ2) is 9.45. The predicted molar refractivity (Wildman–Crippen MR) is 121 cm³/mol. The number of halogens is 3. The van der Waals surface area contributed by atoms with Crippen molar-refractivity contribution in [3.63, 3.8) is 0 Å². The SMILES string of the molecule is CCOC(=O)[C@@H]1[C@H]2C[C@@H](Oc3ccc(C(F)(F)F)cn3)[C@H](C2)N1C(=O)c1nc(C)ccc1-n1nccn1. The number of hydrogen-bond donors (Lipinski definition) is 0. The molecule has 10 nitrogen and oxygen atoms in total. The van der Waals surface area contributed by atoms with E-state index in [1.807, 2.05) is 0 Å². The highest BCUT2D eigenvalue weighted by molar-refractivity contribution is 5.99. The molecule has 0 radical (unpaired) electrons. The maximum Gasteiger partial charge on any atom is 0.417 e. The van der Waals surface area contributed by atoms with Gasteiger partial charge in [0, 0.05) is 18.0 Å². The fourth-order valence-corrected chi connectivity index (χ4v) is 5.04. The van der Waals surface area contributed by atoms with E-state index in [2.05, 4.69) is 20.2 Å². The number of aryl methyl sites for hydroxylation is 1. The first-order valence-electron chi connectivity index (χ1n) is 11.7. The summed E-state index contributed by atoms with van der Waals surface area (Å²) in [7, 11) is 0. The summed E-state index contributed by atoms with van der Waals surface area (Å²) in [5.74, 6) is -1.31. The van der Waals surface area contributed by atoms with Crippen LogP contribution in [0.5, 0.6) is 5.88 Å². The van der Waals surface area contributed by atoms with E-state index in [-0.39, 0.29) is 24.1 Å². The molecule has 37 heavy (non-hydrogen) atoms. The van der Waals surface area contributed by atoms with Gasteiger partial charge in [0.05, 0.1) is 30.6 Å². The average molecular weight is 516 g/mol. The van der Waals surface area contributed by atoms with Crippen molar-refractivity contribution in [3.8, 4) is 11.6 Å². The Bertz CT molecular complexity index is 1300. The van der Waals surface area contributed by atoms with E-state index in [0.29, 0.717) is 30.4 Å². The number of pyridine rings is 2. The number of alkyl halides is 3. The van der Waals surface area contributed by atoms with Crippen molar-refractivity contribution in [3.05, 3.63) is 59.8 Å². The summed E-state index contributed by atoms with van der Waals surface area (Å²) in [6.07, 6.45) is -0.595. The molecule has 0 N–H and O–H groups in total. The van der Waals surface area contributed by atoms with Crippen LogP contribution in [0, 0.1) is 12.8 Å². The number of carbonyl (C=O) groups excluding carboxylic acids is 2. The van der Waals surface area contributed by atoms with Gasteiger partial charge >= 0.3 is 12.1 Å². The normalized spacial score (nSPS) is 22.8. The van der Waals surface area contributed by atoms with E-state index >= 15 is 0 Å². The first kappa shape index (κ1) is 24.7. The van der Waals surface area contributed by atoms with Crippen LogP contribution in [0.2, 0.25) is 0 Å². The Labute approximate surface area is 209 Å². The molecular weight excluding hydrogens is 493 g/mol. The van der Waals surface area contributed by atoms with Crippen LogP contribution in [0.1, 0.15) is 41.5 Å². The molecular formula is C24H23F3N6O4. The highest BCUT2D eigenvalue weighted by Gasteiger charge is 2.58. The van der Waals surface area contributed by atoms with Gasteiger partial charge in [-0.2, -0.15) is 23.4 Å². The molecule has 194 valence electrons. The fourth-order valence-electron chi connectivity index (χ4n) is 5.04. The molecule has 1 saturated heterocycles. The van der Waals surface area contributed by atoms with E-state index < -0.39 is 41.8 Å². The average Bonchev–Trinajstić information content (AvgIpc) is 3.60. The molecule has 2 bridgehead atoms. The number of fused-ring (bicyclic) bond motifs is 2. The van der Waals surface area contributed by atoms with Gasteiger partial charge in [-0.15, -0.1) is 4.80 Å². The zero-order valence-corrected chi connectivity index (χ0v) is 19.9. The lowest BCUT2D eigenvalue weighted by molar-refractivity contribution is -0.151. The zero-order valence-electron chi connectivity index (χ0n) is 19.9. The minimum Gasteiger partial charge on any atom is -0.472 e. The number of nitrogens with zero attached hydrogens (tertiary/aromatic N) is 6. The van der Waals surface area contributed by atoms with E-state index in [4.69, 9.17) is 9.47 Å². The van der Waals surface area contributed by atoms with Crippen LogP contribution in [0.3, 0.4) is 0 Å². The Hall–Kier alpha value is -4.03. The third-order valence-corrected chi connectivity index (χ3v) is 6.56. The lowest BCUT2D eigenvalue weighted by Crippen LogP contribution is -2.55. The second-order valence-electron chi connectivity index (χ2n) is 8.89. The third kappa shape index (κ3) is 4.60. The summed E-state index contributed by atoms with van der Waals surface area (Å²) in [5, 5.41) is 8.21. The van der Waals surface area contributed by atoms with Crippen molar-refractivity contribution in [2.24, 2.45) is 5.92 Å². The van der Waals surface area contributed by atoms with Gasteiger partial charge in [-0.1, -0.05) is 0 Å². The third-order valence-electron chi connectivity index (χ3n) is 6.56. The van der Waals surface area contributed by atoms with Crippen molar-refractivity contribution < 1.29 is 32.2 Å². The summed E-state index contributed by atoms with van der Waals surface area (Å²) in [6.45, 7) is 3.57. The molecule has 4 atom stereocenters. The van der Waals surface area contributed by atoms with Crippen LogP contribution < -0.4 is 4.74 Å². The van der Waals surface area contributed by atoms with Crippen LogP contribution >= 0.6 is 0 Å². The first-order valence-corrected chi connectivity index (χ1v) is 11.7. The number of rotatable bonds is 6. The number of amides is 1. The molecule has 2 fully saturated rings. The summed E-state index contributed by atoms with van der Waals surface area (Å²) < 4.78 is 49.9. The van der Waals surface area contributed by atoms with Gasteiger partial charge in [-0.05, 0) is 50.8 Å². The number of aromatic nitrogens is 5. The quantitative estimate of drug-likeness (QED) is 0.460. The molecule has 3 aromatic heterocycles. The van der Waals surface area contributed by atoms with Crippen LogP contribution in [0.25, 0.3) is 5.69 Å². The Morgan fingerprint density at radius 3 is 2.51 bits per heavy atom. The van der Waals surface area contributed by atoms with Crippen LogP contribution in [0.15, 0.2) is 42.9 Å². The molecule has 1 aliphatic carbocycles. The van der Waals surface area contributed by atoms with Gasteiger partial charge in [0.2, 0.25) is 5.88 Å². The summed E-state index contributed by atoms with van der Waals surface area (Å²) in [5.41, 5.74) is 0.0904. The molecule has 0 aromatic carbocycles. The molecule has 5 rings (SSSR count). The van der Waals surface area contributed by atoms with Crippen molar-refractivity contribution in [2.45, 2.75) is 51.1 Å². The number of hydrogen-bond acceptors (Lipinski definition) is 8. The topological polar surface area (TPSA) is 112 Å². The highest BCUT2D eigenvalue weighted by atomic mass is 19.4. The van der Waals surface area contributed by atoms with E-state index in [9.17, 15) is 22.8 Å². The number of piperidine rings is 1. The van der Waals surface area contributed by atoms with Gasteiger partial charge in [0.25, 0.3) is 5.91 Å². The summed E-state index contributed by atoms with van der Waals surface area (Å²) >= 11 is 0. The van der Waals surface area contributed by atoms with Crippen molar-refractivity contribution in [1.29, 1.82) is 0 Å². The Kier molecular flexibility index (Phi) is 6.30. The fraction of sp³-hybridized carbons (Fsp3) is 0.417. The molecule has 1 amide bonds. The maximum absolute atomic E-state index is 14.0. The summed E-state index contributed by atoms with van der Waals surface area (Å²) in [4.78, 5) is 37.8. The highest BCUT2D eigenvalue weighted by Crippen LogP contribution is 2.45. The van der Waals surface area contributed by atoms with Gasteiger partial charge in [0.15, 0.2) is 5.69 Å². The molecule has 1 saturated carbocycles. The molecule has 0 spiro atoms. The minimum absolute atomic E-state index is 0.000689. The Morgan fingerprint density at radius 2 is 1.86 bits per heavy atom. The van der Waals surface area contributed by atoms with Crippen LogP contribution in [-0.2, 0) is 15.7 Å². The molecule has 4 heterocycles. The minimum atomic E-state index is -4.52. The van der Waals surface area contributed by atoms with Gasteiger partial charge in [-0.3, -0.25) is 4.79 Å². The Morgan fingerprint density at radius 1 is 1.11 bits per heavy atom. The number of carbonyl (C=O) groups is 2. The zero-order chi connectivity index (χ0) is 26.3. The molecule has 1 aliphatic heterocycles. The second-order valence-corrected chi connectivity index (χ2v) is 8.89. The van der Waals surface area contributed by atoms with Crippen LogP contribution in [-0.4, -0.2) is 66.5 Å². The van der Waals surface area contributed by atoms with E-state index in [1.165, 1.54) is 22.1 Å². The Balaban J connectivity index is 1.47. The maximum atomic E-state index is 14.0. The molecule has 13 heteroatoms. The summed E-state index contributed by atoms with van der Waals surface area (Å²) in [6, 6.07) is 4.03. The molecule has 3 aromatic rings. The molecule has 2 aliphatic rings. The number of likely N-dealkylation sites (tertiary alicyclic amines) is 1. The largest absolute Gasteiger partial charge is 0.472 e. The number of ether oxygens (including phenoxy) is 2. The van der Waals surface area contributed by atoms with Crippen LogP contribution in [0.4, 0.5) is 13.2 Å². The van der Waals surface area contributed by atoms with E-state index in [0.717, 1.165) is 12.1 Å². The lowest BCUT2D eigenvalue weighted by Gasteiger charge is -2.37. The van der Waals surface area contributed by atoms with Gasteiger partial charge < -0.3 is 14.4 Å². The van der Waals surface area contributed by atoms with Crippen molar-refractivity contribution in [1.82, 2.24) is 29.9 Å². The van der Waals surface area contributed by atoms with Crippen molar-refractivity contribution >= 4 is 11.9 Å². The lowest BCUT2D eigenvalue weighted by atomic mass is 9.97. The van der Waals surface area contributed by atoms with Crippen molar-refractivity contribution in [2.75, 3.05) is 6.61 Å².